The third-order valence-electron chi connectivity index (χ3n) is 3.05. The van der Waals surface area contributed by atoms with Crippen LogP contribution in [-0.4, -0.2) is 23.5 Å². The molecule has 0 aliphatic rings. The van der Waals surface area contributed by atoms with Gasteiger partial charge in [0, 0.05) is 23.7 Å². The monoisotopic (exact) mass is 298 g/mol. The first-order valence-corrected chi connectivity index (χ1v) is 6.83. The summed E-state index contributed by atoms with van der Waals surface area (Å²) >= 11 is 5.89. The van der Waals surface area contributed by atoms with Gasteiger partial charge in [-0.1, -0.05) is 18.5 Å². The van der Waals surface area contributed by atoms with Crippen LogP contribution in [0.4, 0.5) is 5.69 Å². The molecule has 110 valence electrons. The minimum Gasteiger partial charge on any atom is -0.481 e. The van der Waals surface area contributed by atoms with Gasteiger partial charge < -0.3 is 16.2 Å². The molecule has 0 bridgehead atoms. The number of primary amides is 1. The lowest BCUT2D eigenvalue weighted by Crippen LogP contribution is -2.15. The van der Waals surface area contributed by atoms with Crippen molar-refractivity contribution in [2.45, 2.75) is 26.2 Å². The van der Waals surface area contributed by atoms with E-state index in [4.69, 9.17) is 22.4 Å². The molecule has 0 saturated carbocycles. The Morgan fingerprint density at radius 2 is 2.10 bits per heavy atom. The number of benzene rings is 1. The van der Waals surface area contributed by atoms with Crippen LogP contribution in [0.5, 0.6) is 0 Å². The molecule has 1 aromatic rings. The highest BCUT2D eigenvalue weighted by molar-refractivity contribution is 6.31. The number of hydrogen-bond donors (Lipinski definition) is 3. The number of carbonyl (C=O) groups is 2. The summed E-state index contributed by atoms with van der Waals surface area (Å²) in [5.74, 6) is -1.01. The first kappa shape index (κ1) is 16.3. The van der Waals surface area contributed by atoms with Crippen LogP contribution in [0.2, 0.25) is 5.02 Å². The van der Waals surface area contributed by atoms with Crippen LogP contribution in [0.15, 0.2) is 18.2 Å². The number of nitrogens with two attached hydrogens (primary N) is 1. The quantitative estimate of drug-likeness (QED) is 0.688. The van der Waals surface area contributed by atoms with Crippen LogP contribution in [-0.2, 0) is 4.79 Å². The normalized spacial score (nSPS) is 11.9. The number of carboxylic acid groups (broad SMARTS) is 1. The topological polar surface area (TPSA) is 92.4 Å². The molecule has 1 atom stereocenters. The highest BCUT2D eigenvalue weighted by atomic mass is 35.5. The Bertz CT molecular complexity index is 491. The van der Waals surface area contributed by atoms with Crippen molar-refractivity contribution in [3.63, 3.8) is 0 Å². The van der Waals surface area contributed by atoms with Crippen LogP contribution in [0, 0.1) is 5.92 Å². The Morgan fingerprint density at radius 1 is 1.40 bits per heavy atom. The van der Waals surface area contributed by atoms with Gasteiger partial charge in [-0.15, -0.1) is 0 Å². The van der Waals surface area contributed by atoms with E-state index in [2.05, 4.69) is 5.32 Å². The molecule has 0 aliphatic carbocycles. The maximum absolute atomic E-state index is 11.3. The van der Waals surface area contributed by atoms with Gasteiger partial charge in [-0.25, -0.2) is 0 Å². The van der Waals surface area contributed by atoms with Crippen molar-refractivity contribution in [1.29, 1.82) is 0 Å². The van der Waals surface area contributed by atoms with Crippen molar-refractivity contribution in [3.8, 4) is 0 Å². The fourth-order valence-electron chi connectivity index (χ4n) is 1.85. The summed E-state index contributed by atoms with van der Waals surface area (Å²) in [4.78, 5) is 21.8. The molecule has 4 N–H and O–H groups in total. The number of aliphatic carboxylic acids is 1. The van der Waals surface area contributed by atoms with Crippen molar-refractivity contribution in [1.82, 2.24) is 0 Å². The summed E-state index contributed by atoms with van der Waals surface area (Å²) in [6.45, 7) is 2.62. The van der Waals surface area contributed by atoms with Crippen molar-refractivity contribution in [3.05, 3.63) is 28.8 Å². The van der Waals surface area contributed by atoms with E-state index in [1.54, 1.807) is 18.2 Å². The lowest BCUT2D eigenvalue weighted by molar-refractivity contribution is -0.137. The third kappa shape index (κ3) is 5.48. The summed E-state index contributed by atoms with van der Waals surface area (Å²) < 4.78 is 0. The Balaban J connectivity index is 2.51. The second kappa shape index (κ2) is 7.75. The van der Waals surface area contributed by atoms with Crippen molar-refractivity contribution < 1.29 is 14.7 Å². The molecule has 0 saturated heterocycles. The van der Waals surface area contributed by atoms with Crippen molar-refractivity contribution >= 4 is 29.2 Å². The molecular weight excluding hydrogens is 280 g/mol. The van der Waals surface area contributed by atoms with Gasteiger partial charge in [-0.3, -0.25) is 9.59 Å². The molecule has 0 heterocycles. The molecule has 0 radical (unpaired) electrons. The molecule has 1 unspecified atom stereocenters. The maximum Gasteiger partial charge on any atom is 0.303 e. The van der Waals surface area contributed by atoms with E-state index in [0.29, 0.717) is 29.2 Å². The smallest absolute Gasteiger partial charge is 0.303 e. The number of halogens is 1. The van der Waals surface area contributed by atoms with E-state index in [1.165, 1.54) is 0 Å². The molecule has 6 heteroatoms. The van der Waals surface area contributed by atoms with Gasteiger partial charge in [0.05, 0.1) is 5.56 Å². The number of carbonyl (C=O) groups excluding carboxylic acids is 1. The SMILES string of the molecule is CC(CCNc1cc(Cl)ccc1C(N)=O)CCC(=O)O. The van der Waals surface area contributed by atoms with E-state index in [9.17, 15) is 9.59 Å². The van der Waals surface area contributed by atoms with E-state index >= 15 is 0 Å². The highest BCUT2D eigenvalue weighted by Gasteiger charge is 2.09. The second-order valence-electron chi connectivity index (χ2n) is 4.81. The molecule has 0 aliphatic heterocycles. The van der Waals surface area contributed by atoms with E-state index < -0.39 is 11.9 Å². The zero-order chi connectivity index (χ0) is 15.1. The van der Waals surface area contributed by atoms with Crippen LogP contribution >= 0.6 is 11.6 Å². The summed E-state index contributed by atoms with van der Waals surface area (Å²) in [5.41, 5.74) is 6.29. The fraction of sp³-hybridized carbons (Fsp3) is 0.429. The Kier molecular flexibility index (Phi) is 6.31. The standard InChI is InChI=1S/C14H19ClN2O3/c1-9(2-5-13(18)19)6-7-17-12-8-10(15)3-4-11(12)14(16)20/h3-4,8-9,17H,2,5-7H2,1H3,(H2,16,20)(H,18,19). The predicted octanol–water partition coefficient (Wildman–Crippen LogP) is 2.74. The summed E-state index contributed by atoms with van der Waals surface area (Å²) in [7, 11) is 0. The molecule has 1 amide bonds. The van der Waals surface area contributed by atoms with Crippen LogP contribution in [0.25, 0.3) is 0 Å². The molecule has 1 aromatic carbocycles. The molecule has 20 heavy (non-hydrogen) atoms. The zero-order valence-electron chi connectivity index (χ0n) is 11.4. The zero-order valence-corrected chi connectivity index (χ0v) is 12.1. The van der Waals surface area contributed by atoms with Crippen LogP contribution < -0.4 is 11.1 Å². The predicted molar refractivity (Wildman–Crippen MR) is 79.1 cm³/mol. The van der Waals surface area contributed by atoms with Gasteiger partial charge in [0.25, 0.3) is 5.91 Å². The van der Waals surface area contributed by atoms with E-state index in [0.717, 1.165) is 6.42 Å². The minimum atomic E-state index is -0.782. The van der Waals surface area contributed by atoms with Gasteiger partial charge in [0.15, 0.2) is 0 Å². The minimum absolute atomic E-state index is 0.171. The average Bonchev–Trinajstić information content (AvgIpc) is 2.36. The summed E-state index contributed by atoms with van der Waals surface area (Å²) in [6, 6.07) is 4.85. The third-order valence-corrected chi connectivity index (χ3v) is 3.29. The van der Waals surface area contributed by atoms with E-state index in [1.807, 2.05) is 6.92 Å². The number of rotatable bonds is 8. The van der Waals surface area contributed by atoms with Gasteiger partial charge in [-0.2, -0.15) is 0 Å². The number of hydrogen-bond acceptors (Lipinski definition) is 3. The lowest BCUT2D eigenvalue weighted by Gasteiger charge is -2.13. The fourth-order valence-corrected chi connectivity index (χ4v) is 2.02. The molecule has 0 spiro atoms. The second-order valence-corrected chi connectivity index (χ2v) is 5.24. The summed E-state index contributed by atoms with van der Waals surface area (Å²) in [6.07, 6.45) is 1.61. The number of amides is 1. The van der Waals surface area contributed by atoms with Crippen molar-refractivity contribution in [2.24, 2.45) is 11.7 Å². The molecule has 0 aromatic heterocycles. The molecule has 0 fully saturated rings. The number of anilines is 1. The van der Waals surface area contributed by atoms with Gasteiger partial charge in [0.1, 0.15) is 0 Å². The van der Waals surface area contributed by atoms with Crippen LogP contribution in [0.3, 0.4) is 0 Å². The van der Waals surface area contributed by atoms with Crippen LogP contribution in [0.1, 0.15) is 36.5 Å². The maximum atomic E-state index is 11.3. The first-order chi connectivity index (χ1) is 9.40. The van der Waals surface area contributed by atoms with Gasteiger partial charge in [0.2, 0.25) is 0 Å². The molecule has 1 rings (SSSR count). The lowest BCUT2D eigenvalue weighted by atomic mass is 10.0. The van der Waals surface area contributed by atoms with Crippen molar-refractivity contribution in [2.75, 3.05) is 11.9 Å². The van der Waals surface area contributed by atoms with E-state index in [-0.39, 0.29) is 12.3 Å². The number of nitrogens with one attached hydrogen (secondary N) is 1. The first-order valence-electron chi connectivity index (χ1n) is 6.45. The molecular formula is C14H19ClN2O3. The average molecular weight is 299 g/mol. The number of carboxylic acids is 1. The highest BCUT2D eigenvalue weighted by Crippen LogP contribution is 2.21. The Labute approximate surface area is 123 Å². The Morgan fingerprint density at radius 3 is 2.70 bits per heavy atom. The van der Waals surface area contributed by atoms with Gasteiger partial charge in [-0.05, 0) is 37.0 Å². The molecule has 5 nitrogen and oxygen atoms in total. The Hall–Kier alpha value is -1.75. The summed E-state index contributed by atoms with van der Waals surface area (Å²) in [5, 5.41) is 12.3. The van der Waals surface area contributed by atoms with Gasteiger partial charge >= 0.3 is 5.97 Å². The largest absolute Gasteiger partial charge is 0.481 e.